The molecule has 1 aliphatic rings. The predicted octanol–water partition coefficient (Wildman–Crippen LogP) is 3.12. The number of carboxylic acid groups (broad SMARTS) is 1. The predicted molar refractivity (Wildman–Crippen MR) is 201 cm³/mol. The highest BCUT2D eigenvalue weighted by molar-refractivity contribution is 14.1. The fourth-order valence-electron chi connectivity index (χ4n) is 6.17. The Labute approximate surface area is 309 Å². The van der Waals surface area contributed by atoms with Crippen LogP contribution in [0.1, 0.15) is 69.9 Å². The second-order valence-corrected chi connectivity index (χ2v) is 14.3. The summed E-state index contributed by atoms with van der Waals surface area (Å²) in [5, 5.41) is 17.9. The van der Waals surface area contributed by atoms with Gasteiger partial charge in [0.2, 0.25) is 23.6 Å². The van der Waals surface area contributed by atoms with E-state index >= 15 is 0 Å². The summed E-state index contributed by atoms with van der Waals surface area (Å²) in [6, 6.07) is 15.1. The molecule has 50 heavy (non-hydrogen) atoms. The van der Waals surface area contributed by atoms with Crippen LogP contribution in [0.2, 0.25) is 0 Å². The summed E-state index contributed by atoms with van der Waals surface area (Å²) in [5.41, 5.74) is 7.99. The third-order valence-corrected chi connectivity index (χ3v) is 9.45. The molecule has 1 fully saturated rings. The lowest BCUT2D eigenvalue weighted by molar-refractivity contribution is -0.140. The molecule has 274 valence electrons. The maximum absolute atomic E-state index is 13.9. The molecular formula is C37H53IN6O6. The number of rotatable bonds is 20. The number of hydrogen-bond donors (Lipinski definition) is 6. The highest BCUT2D eigenvalue weighted by Gasteiger charge is 2.33. The Morgan fingerprint density at radius 3 is 1.90 bits per heavy atom. The Bertz CT molecular complexity index is 1370. The molecule has 7 N–H and O–H groups in total. The number of nitrogens with one attached hydrogen (secondary N) is 4. The minimum atomic E-state index is -1.00. The molecule has 1 heterocycles. The van der Waals surface area contributed by atoms with Crippen molar-refractivity contribution >= 4 is 52.5 Å². The maximum atomic E-state index is 13.9. The highest BCUT2D eigenvalue weighted by Crippen LogP contribution is 2.22. The third kappa shape index (κ3) is 14.4. The molecule has 12 nitrogen and oxygen atoms in total. The summed E-state index contributed by atoms with van der Waals surface area (Å²) in [7, 11) is 0. The molecule has 0 aliphatic carbocycles. The van der Waals surface area contributed by atoms with Gasteiger partial charge in [0, 0.05) is 55.3 Å². The van der Waals surface area contributed by atoms with Crippen LogP contribution in [0.4, 0.5) is 0 Å². The first-order chi connectivity index (χ1) is 24.0. The smallest absolute Gasteiger partial charge is 0.303 e. The molecule has 4 atom stereocenters. The Morgan fingerprint density at radius 1 is 0.800 bits per heavy atom. The first kappa shape index (κ1) is 40.9. The molecule has 0 unspecified atom stereocenters. The molecule has 1 aliphatic heterocycles. The molecule has 4 amide bonds. The Kier molecular flexibility index (Phi) is 17.7. The van der Waals surface area contributed by atoms with Gasteiger partial charge in [0.15, 0.2) is 0 Å². The zero-order valence-electron chi connectivity index (χ0n) is 29.1. The van der Waals surface area contributed by atoms with Gasteiger partial charge in [0.1, 0.15) is 18.1 Å². The Morgan fingerprint density at radius 2 is 1.34 bits per heavy atom. The maximum Gasteiger partial charge on any atom is 0.303 e. The number of nitrogens with two attached hydrogens (primary N) is 1. The number of carbonyl (C=O) groups is 5. The molecule has 0 saturated carbocycles. The number of carbonyl (C=O) groups excluding carboxylic acids is 4. The lowest BCUT2D eigenvalue weighted by Crippen LogP contribution is -2.59. The Balaban J connectivity index is 1.75. The zero-order valence-corrected chi connectivity index (χ0v) is 31.3. The van der Waals surface area contributed by atoms with E-state index in [-0.39, 0.29) is 30.6 Å². The zero-order chi connectivity index (χ0) is 36.5. The summed E-state index contributed by atoms with van der Waals surface area (Å²) < 4.78 is 3.07. The number of unbranched alkanes of at least 4 members (excludes halogenated alkanes) is 1. The van der Waals surface area contributed by atoms with Crippen LogP contribution in [-0.4, -0.2) is 83.4 Å². The minimum Gasteiger partial charge on any atom is -0.481 e. The largest absolute Gasteiger partial charge is 0.481 e. The van der Waals surface area contributed by atoms with Gasteiger partial charge >= 0.3 is 5.97 Å². The van der Waals surface area contributed by atoms with Crippen molar-refractivity contribution in [1.29, 1.82) is 0 Å². The quantitative estimate of drug-likeness (QED) is 0.0671. The first-order valence-electron chi connectivity index (χ1n) is 17.5. The van der Waals surface area contributed by atoms with Crippen molar-refractivity contribution in [2.24, 2.45) is 17.6 Å². The minimum absolute atomic E-state index is 0.0159. The van der Waals surface area contributed by atoms with E-state index in [2.05, 4.69) is 42.3 Å². The molecule has 0 bridgehead atoms. The number of nitrogens with zero attached hydrogens (tertiary/aromatic N) is 1. The van der Waals surface area contributed by atoms with E-state index in [0.29, 0.717) is 51.6 Å². The topological polar surface area (TPSA) is 183 Å². The first-order valence-corrected chi connectivity index (χ1v) is 18.6. The van der Waals surface area contributed by atoms with Crippen molar-refractivity contribution < 1.29 is 29.1 Å². The van der Waals surface area contributed by atoms with E-state index in [9.17, 15) is 29.1 Å². The summed E-state index contributed by atoms with van der Waals surface area (Å²) in [6.45, 7) is 5.50. The van der Waals surface area contributed by atoms with E-state index in [4.69, 9.17) is 5.73 Å². The van der Waals surface area contributed by atoms with Gasteiger partial charge in [-0.3, -0.25) is 27.5 Å². The standard InChI is InChI=1S/C37H53IN6O6/c1-25(2)21-31(35(48)41-30(15-9-10-18-40-38)37(50)44-19-16-28(17-20-44)24-33(45)46)43-36(49)32(23-27-13-7-4-8-14-27)42-34(47)29(39)22-26-11-5-3-6-12-26/h3-8,11-14,25,28-32,40H,9-10,15-24,39H2,1-2H3,(H,41,48)(H,42,47)(H,43,49)(H,45,46)/t29-,30-,31-,32-/m1/s1. The second kappa shape index (κ2) is 21.6. The summed E-state index contributed by atoms with van der Waals surface area (Å²) in [5.74, 6) is -2.47. The molecule has 3 rings (SSSR count). The summed E-state index contributed by atoms with van der Waals surface area (Å²) in [6.07, 6.45) is 3.98. The fraction of sp³-hybridized carbons (Fsp3) is 0.541. The normalized spacial score (nSPS) is 15.8. The number of halogens is 1. The van der Waals surface area contributed by atoms with Gasteiger partial charge in [0.05, 0.1) is 6.04 Å². The highest BCUT2D eigenvalue weighted by atomic mass is 127. The van der Waals surface area contributed by atoms with E-state index in [0.717, 1.165) is 24.1 Å². The van der Waals surface area contributed by atoms with Crippen LogP contribution in [0.15, 0.2) is 60.7 Å². The molecule has 13 heteroatoms. The van der Waals surface area contributed by atoms with Crippen molar-refractivity contribution in [2.45, 2.75) is 95.8 Å². The van der Waals surface area contributed by atoms with Crippen LogP contribution < -0.4 is 25.2 Å². The van der Waals surface area contributed by atoms with Gasteiger partial charge in [-0.15, -0.1) is 0 Å². The van der Waals surface area contributed by atoms with E-state index < -0.39 is 47.9 Å². The van der Waals surface area contributed by atoms with Gasteiger partial charge in [-0.05, 0) is 67.9 Å². The molecule has 2 aromatic carbocycles. The molecule has 2 aromatic rings. The van der Waals surface area contributed by atoms with Gasteiger partial charge in [-0.1, -0.05) is 74.5 Å². The van der Waals surface area contributed by atoms with Gasteiger partial charge in [-0.2, -0.15) is 0 Å². The summed E-state index contributed by atoms with van der Waals surface area (Å²) >= 11 is 2.07. The number of aliphatic carboxylic acids is 1. The van der Waals surface area contributed by atoms with Crippen LogP contribution in [-0.2, 0) is 36.8 Å². The van der Waals surface area contributed by atoms with Crippen molar-refractivity contribution in [3.05, 3.63) is 71.8 Å². The molecule has 1 saturated heterocycles. The average Bonchev–Trinajstić information content (AvgIpc) is 3.09. The SMILES string of the molecule is CC(C)C[C@@H](NC(=O)[C@@H](Cc1ccccc1)NC(=O)[C@H](N)Cc1ccccc1)C(=O)N[C@H](CCCCNI)C(=O)N1CCC(CC(=O)O)CC1. The van der Waals surface area contributed by atoms with Crippen molar-refractivity contribution in [3.63, 3.8) is 0 Å². The molecular weight excluding hydrogens is 751 g/mol. The fourth-order valence-corrected chi connectivity index (χ4v) is 6.55. The number of carboxylic acids is 1. The van der Waals surface area contributed by atoms with Crippen LogP contribution in [0.3, 0.4) is 0 Å². The van der Waals surface area contributed by atoms with Crippen LogP contribution >= 0.6 is 22.9 Å². The number of likely N-dealkylation sites (tertiary alicyclic amines) is 1. The van der Waals surface area contributed by atoms with Gasteiger partial charge < -0.3 is 31.7 Å². The number of hydrogen-bond acceptors (Lipinski definition) is 7. The number of benzene rings is 2. The lowest BCUT2D eigenvalue weighted by Gasteiger charge is -2.34. The van der Waals surface area contributed by atoms with Crippen LogP contribution in [0.25, 0.3) is 0 Å². The average molecular weight is 805 g/mol. The van der Waals surface area contributed by atoms with Gasteiger partial charge in [0.25, 0.3) is 0 Å². The van der Waals surface area contributed by atoms with E-state index in [1.807, 2.05) is 74.5 Å². The molecule has 0 aromatic heterocycles. The van der Waals surface area contributed by atoms with Crippen molar-refractivity contribution in [3.8, 4) is 0 Å². The van der Waals surface area contributed by atoms with Crippen molar-refractivity contribution in [2.75, 3.05) is 19.6 Å². The third-order valence-electron chi connectivity index (χ3n) is 8.91. The second-order valence-electron chi connectivity index (χ2n) is 13.5. The Hall–Kier alpha value is -3.56. The molecule has 0 radical (unpaired) electrons. The monoisotopic (exact) mass is 804 g/mol. The van der Waals surface area contributed by atoms with Crippen molar-refractivity contribution in [1.82, 2.24) is 24.4 Å². The van der Waals surface area contributed by atoms with Crippen LogP contribution in [0.5, 0.6) is 0 Å². The lowest BCUT2D eigenvalue weighted by atomic mass is 9.93. The van der Waals surface area contributed by atoms with Crippen LogP contribution in [0, 0.1) is 11.8 Å². The summed E-state index contributed by atoms with van der Waals surface area (Å²) in [4.78, 5) is 67.7. The van der Waals surface area contributed by atoms with E-state index in [1.54, 1.807) is 4.90 Å². The number of amides is 4. The van der Waals surface area contributed by atoms with Gasteiger partial charge in [-0.25, -0.2) is 0 Å². The van der Waals surface area contributed by atoms with E-state index in [1.165, 1.54) is 0 Å². The molecule has 0 spiro atoms. The number of piperidine rings is 1.